The van der Waals surface area contributed by atoms with Crippen LogP contribution in [-0.4, -0.2) is 29.1 Å². The number of hydrogen-bond donors (Lipinski definition) is 0. The number of amides is 1. The summed E-state index contributed by atoms with van der Waals surface area (Å²) in [4.78, 5) is 20.2. The van der Waals surface area contributed by atoms with Crippen LogP contribution in [0.1, 0.15) is 29.0 Å². The highest BCUT2D eigenvalue weighted by molar-refractivity contribution is 7.16. The molecule has 1 aliphatic rings. The summed E-state index contributed by atoms with van der Waals surface area (Å²) in [5, 5.41) is 1.71. The van der Waals surface area contributed by atoms with Crippen molar-refractivity contribution in [1.29, 1.82) is 0 Å². The van der Waals surface area contributed by atoms with Crippen LogP contribution in [0.15, 0.2) is 60.7 Å². The SMILES string of the molecule is Cc1nc(-c2ccc(Cl)cc2)sc1C=CC1CCCN(C(=O)OCc2ccccc2)C1. The van der Waals surface area contributed by atoms with E-state index in [2.05, 4.69) is 12.2 Å². The molecule has 1 aromatic heterocycles. The van der Waals surface area contributed by atoms with Gasteiger partial charge in [-0.25, -0.2) is 9.78 Å². The highest BCUT2D eigenvalue weighted by atomic mass is 35.5. The van der Waals surface area contributed by atoms with E-state index in [1.165, 1.54) is 0 Å². The summed E-state index contributed by atoms with van der Waals surface area (Å²) < 4.78 is 5.50. The molecule has 2 heterocycles. The van der Waals surface area contributed by atoms with Crippen molar-refractivity contribution in [2.45, 2.75) is 26.4 Å². The molecule has 1 saturated heterocycles. The lowest BCUT2D eigenvalue weighted by molar-refractivity contribution is 0.0836. The van der Waals surface area contributed by atoms with Crippen molar-refractivity contribution in [1.82, 2.24) is 9.88 Å². The molecule has 1 fully saturated rings. The van der Waals surface area contributed by atoms with E-state index >= 15 is 0 Å². The first-order valence-corrected chi connectivity index (χ1v) is 11.6. The summed E-state index contributed by atoms with van der Waals surface area (Å²) in [6.45, 7) is 3.78. The molecule has 2 aromatic carbocycles. The van der Waals surface area contributed by atoms with E-state index in [0.717, 1.165) is 51.1 Å². The van der Waals surface area contributed by atoms with Crippen LogP contribution < -0.4 is 0 Å². The van der Waals surface area contributed by atoms with E-state index in [4.69, 9.17) is 21.3 Å². The predicted molar refractivity (Wildman–Crippen MR) is 127 cm³/mol. The number of benzene rings is 2. The minimum atomic E-state index is -0.235. The first-order valence-electron chi connectivity index (χ1n) is 10.5. The normalized spacial score (nSPS) is 16.6. The molecular weight excluding hydrogens is 428 g/mol. The average Bonchev–Trinajstić information content (AvgIpc) is 3.18. The van der Waals surface area contributed by atoms with E-state index in [0.29, 0.717) is 19.1 Å². The number of halogens is 1. The van der Waals surface area contributed by atoms with Crippen molar-refractivity contribution >= 4 is 35.1 Å². The highest BCUT2D eigenvalue weighted by Crippen LogP contribution is 2.30. The fraction of sp³-hybridized carbons (Fsp3) is 0.280. The number of rotatable bonds is 5. The number of aromatic nitrogens is 1. The zero-order valence-electron chi connectivity index (χ0n) is 17.5. The number of piperidine rings is 1. The van der Waals surface area contributed by atoms with Gasteiger partial charge in [0.05, 0.1) is 10.6 Å². The molecule has 1 unspecified atom stereocenters. The fourth-order valence-electron chi connectivity index (χ4n) is 3.65. The quantitative estimate of drug-likeness (QED) is 0.425. The maximum Gasteiger partial charge on any atom is 0.410 e. The van der Waals surface area contributed by atoms with Gasteiger partial charge in [0.15, 0.2) is 0 Å². The minimum Gasteiger partial charge on any atom is -0.445 e. The molecule has 0 N–H and O–H groups in total. The van der Waals surface area contributed by atoms with E-state index in [1.54, 1.807) is 11.3 Å². The molecule has 1 amide bonds. The lowest BCUT2D eigenvalue weighted by Gasteiger charge is -2.30. The van der Waals surface area contributed by atoms with Gasteiger partial charge in [0.2, 0.25) is 0 Å². The number of thiazole rings is 1. The topological polar surface area (TPSA) is 42.4 Å². The second kappa shape index (κ2) is 10.1. The van der Waals surface area contributed by atoms with Crippen molar-refractivity contribution in [3.05, 3.63) is 81.8 Å². The van der Waals surface area contributed by atoms with Gasteiger partial charge in [-0.2, -0.15) is 0 Å². The van der Waals surface area contributed by atoms with Gasteiger partial charge in [-0.15, -0.1) is 11.3 Å². The lowest BCUT2D eigenvalue weighted by Crippen LogP contribution is -2.39. The molecule has 1 aliphatic heterocycles. The Bertz CT molecular complexity index is 1050. The Balaban J connectivity index is 1.36. The highest BCUT2D eigenvalue weighted by Gasteiger charge is 2.23. The van der Waals surface area contributed by atoms with Crippen molar-refractivity contribution in [2.75, 3.05) is 13.1 Å². The molecule has 4 rings (SSSR count). The predicted octanol–water partition coefficient (Wildman–Crippen LogP) is 6.83. The van der Waals surface area contributed by atoms with Crippen LogP contribution in [0.2, 0.25) is 5.02 Å². The van der Waals surface area contributed by atoms with E-state index in [-0.39, 0.29) is 6.09 Å². The molecule has 0 radical (unpaired) electrons. The number of ether oxygens (including phenoxy) is 1. The Morgan fingerprint density at radius 3 is 2.77 bits per heavy atom. The van der Waals surface area contributed by atoms with Crippen molar-refractivity contribution < 1.29 is 9.53 Å². The first-order chi connectivity index (χ1) is 15.1. The van der Waals surface area contributed by atoms with Gasteiger partial charge in [0.1, 0.15) is 11.6 Å². The molecule has 4 nitrogen and oxygen atoms in total. The second-order valence-electron chi connectivity index (χ2n) is 7.72. The van der Waals surface area contributed by atoms with Gasteiger partial charge in [-0.1, -0.05) is 60.1 Å². The second-order valence-corrected chi connectivity index (χ2v) is 9.19. The van der Waals surface area contributed by atoms with Crippen LogP contribution in [0.3, 0.4) is 0 Å². The molecule has 0 spiro atoms. The fourth-order valence-corrected chi connectivity index (χ4v) is 4.76. The van der Waals surface area contributed by atoms with Crippen molar-refractivity contribution in [3.8, 4) is 10.6 Å². The van der Waals surface area contributed by atoms with Gasteiger partial charge < -0.3 is 9.64 Å². The molecular formula is C25H25ClN2O2S. The monoisotopic (exact) mass is 452 g/mol. The van der Waals surface area contributed by atoms with Crippen molar-refractivity contribution in [2.24, 2.45) is 5.92 Å². The van der Waals surface area contributed by atoms with E-state index < -0.39 is 0 Å². The lowest BCUT2D eigenvalue weighted by atomic mass is 9.98. The zero-order valence-corrected chi connectivity index (χ0v) is 19.0. The van der Waals surface area contributed by atoms with Gasteiger partial charge in [-0.3, -0.25) is 0 Å². The third kappa shape index (κ3) is 5.75. The maximum atomic E-state index is 12.5. The molecule has 3 aromatic rings. The number of likely N-dealkylation sites (tertiary alicyclic amines) is 1. The van der Waals surface area contributed by atoms with E-state index in [9.17, 15) is 4.79 Å². The smallest absolute Gasteiger partial charge is 0.410 e. The molecule has 31 heavy (non-hydrogen) atoms. The number of aryl methyl sites for hydroxylation is 1. The average molecular weight is 453 g/mol. The summed E-state index contributed by atoms with van der Waals surface area (Å²) in [5.74, 6) is 0.318. The van der Waals surface area contributed by atoms with Crippen LogP contribution in [0.4, 0.5) is 4.79 Å². The molecule has 160 valence electrons. The molecule has 0 bridgehead atoms. The number of hydrogen-bond acceptors (Lipinski definition) is 4. The Morgan fingerprint density at radius 2 is 2.00 bits per heavy atom. The Hall–Kier alpha value is -2.63. The third-order valence-corrected chi connectivity index (χ3v) is 6.79. The van der Waals surface area contributed by atoms with Crippen LogP contribution in [0, 0.1) is 12.8 Å². The summed E-state index contributed by atoms with van der Waals surface area (Å²) in [6.07, 6.45) is 6.17. The van der Waals surface area contributed by atoms with Gasteiger partial charge in [0.25, 0.3) is 0 Å². The van der Waals surface area contributed by atoms with Crippen molar-refractivity contribution in [3.63, 3.8) is 0 Å². The Kier molecular flexibility index (Phi) is 7.05. The van der Waals surface area contributed by atoms with Crippen LogP contribution in [0.25, 0.3) is 16.6 Å². The first kappa shape index (κ1) is 21.6. The summed E-state index contributed by atoms with van der Waals surface area (Å²) in [6, 6.07) is 17.5. The van der Waals surface area contributed by atoms with Crippen LogP contribution in [0.5, 0.6) is 0 Å². The largest absolute Gasteiger partial charge is 0.445 e. The Labute approximate surface area is 192 Å². The molecule has 0 saturated carbocycles. The molecule has 6 heteroatoms. The summed E-state index contributed by atoms with van der Waals surface area (Å²) in [7, 11) is 0. The van der Waals surface area contributed by atoms with Gasteiger partial charge in [-0.05, 0) is 49.5 Å². The standard InChI is InChI=1S/C25H25ClN2O2S/c1-18-23(31-24(27-18)21-10-12-22(26)13-11-21)14-9-19-8-5-15-28(16-19)25(29)30-17-20-6-3-2-4-7-20/h2-4,6-7,9-14,19H,5,8,15-17H2,1H3. The third-order valence-electron chi connectivity index (χ3n) is 5.36. The minimum absolute atomic E-state index is 0.235. The van der Waals surface area contributed by atoms with Gasteiger partial charge >= 0.3 is 6.09 Å². The van der Waals surface area contributed by atoms with E-state index in [1.807, 2.05) is 66.4 Å². The number of carbonyl (C=O) groups excluding carboxylic acids is 1. The zero-order chi connectivity index (χ0) is 21.6. The maximum absolute atomic E-state index is 12.5. The van der Waals surface area contributed by atoms with Gasteiger partial charge in [0, 0.05) is 23.7 Å². The van der Waals surface area contributed by atoms with Crippen LogP contribution in [-0.2, 0) is 11.3 Å². The molecule has 0 aliphatic carbocycles. The number of carbonyl (C=O) groups is 1. The van der Waals surface area contributed by atoms with Crippen LogP contribution >= 0.6 is 22.9 Å². The molecule has 1 atom stereocenters. The summed E-state index contributed by atoms with van der Waals surface area (Å²) >= 11 is 7.66. The Morgan fingerprint density at radius 1 is 1.23 bits per heavy atom. The summed E-state index contributed by atoms with van der Waals surface area (Å²) in [5.41, 5.74) is 3.09. The number of nitrogens with zero attached hydrogens (tertiary/aromatic N) is 2.